The Morgan fingerprint density at radius 3 is 2.21 bits per heavy atom. The highest BCUT2D eigenvalue weighted by Gasteiger charge is 2.32. The zero-order valence-electron chi connectivity index (χ0n) is 15.5. The first-order chi connectivity index (χ1) is 10.9. The number of carbonyl (C=O) groups is 3. The van der Waals surface area contributed by atoms with Gasteiger partial charge in [0.2, 0.25) is 5.91 Å². The minimum Gasteiger partial charge on any atom is -0.480 e. The first kappa shape index (κ1) is 21.9. The minimum absolute atomic E-state index is 0.109. The molecule has 0 fully saturated rings. The van der Waals surface area contributed by atoms with Gasteiger partial charge in [-0.2, -0.15) is 0 Å². The van der Waals surface area contributed by atoms with Crippen molar-refractivity contribution >= 4 is 18.0 Å². The molecule has 24 heavy (non-hydrogen) atoms. The average molecular weight is 342 g/mol. The van der Waals surface area contributed by atoms with E-state index in [2.05, 4.69) is 11.9 Å². The van der Waals surface area contributed by atoms with Crippen LogP contribution >= 0.6 is 0 Å². The molecule has 2 N–H and O–H groups in total. The van der Waals surface area contributed by atoms with Crippen molar-refractivity contribution in [2.75, 3.05) is 7.05 Å². The Labute approximate surface area is 144 Å². The van der Waals surface area contributed by atoms with Crippen LogP contribution in [-0.4, -0.2) is 52.7 Å². The van der Waals surface area contributed by atoms with E-state index in [-0.39, 0.29) is 12.3 Å². The summed E-state index contributed by atoms with van der Waals surface area (Å²) in [6, 6.07) is -1.87. The third-order valence-electron chi connectivity index (χ3n) is 3.19. The normalized spacial score (nSPS) is 13.8. The molecular weight excluding hydrogens is 312 g/mol. The van der Waals surface area contributed by atoms with Crippen molar-refractivity contribution in [3.63, 3.8) is 0 Å². The first-order valence-corrected chi connectivity index (χ1v) is 7.99. The van der Waals surface area contributed by atoms with Crippen molar-refractivity contribution < 1.29 is 24.2 Å². The quantitative estimate of drug-likeness (QED) is 0.660. The number of alkyl carbamates (subject to hydrolysis) is 1. The van der Waals surface area contributed by atoms with Crippen molar-refractivity contribution in [2.45, 2.75) is 65.1 Å². The fourth-order valence-electron chi connectivity index (χ4n) is 2.11. The number of carbonyl (C=O) groups excluding carboxylic acids is 2. The summed E-state index contributed by atoms with van der Waals surface area (Å²) in [5.74, 6) is -1.46. The number of ether oxygens (including phenoxy) is 1. The highest BCUT2D eigenvalue weighted by Crippen LogP contribution is 2.14. The predicted molar refractivity (Wildman–Crippen MR) is 91.6 cm³/mol. The van der Waals surface area contributed by atoms with E-state index in [9.17, 15) is 19.5 Å². The van der Waals surface area contributed by atoms with Gasteiger partial charge >= 0.3 is 12.1 Å². The fraction of sp³-hybridized carbons (Fsp3) is 0.706. The third kappa shape index (κ3) is 7.99. The van der Waals surface area contributed by atoms with Gasteiger partial charge in [0, 0.05) is 7.05 Å². The minimum atomic E-state index is -1.07. The molecule has 2 atom stereocenters. The van der Waals surface area contributed by atoms with E-state index in [1.165, 1.54) is 13.1 Å². The molecular formula is C17H30N2O5. The molecule has 0 aliphatic carbocycles. The van der Waals surface area contributed by atoms with Gasteiger partial charge in [0.15, 0.2) is 0 Å². The average Bonchev–Trinajstić information content (AvgIpc) is 2.40. The fourth-order valence-corrected chi connectivity index (χ4v) is 2.11. The van der Waals surface area contributed by atoms with Gasteiger partial charge in [-0.25, -0.2) is 9.59 Å². The molecule has 0 rings (SSSR count). The van der Waals surface area contributed by atoms with E-state index in [0.29, 0.717) is 6.42 Å². The third-order valence-corrected chi connectivity index (χ3v) is 3.19. The van der Waals surface area contributed by atoms with E-state index in [1.54, 1.807) is 20.8 Å². The van der Waals surface area contributed by atoms with Gasteiger partial charge in [-0.1, -0.05) is 19.9 Å². The van der Waals surface area contributed by atoms with Gasteiger partial charge in [-0.15, -0.1) is 6.58 Å². The van der Waals surface area contributed by atoms with Crippen LogP contribution < -0.4 is 5.32 Å². The lowest BCUT2D eigenvalue weighted by Crippen LogP contribution is -2.53. The molecule has 0 saturated carbocycles. The van der Waals surface area contributed by atoms with E-state index < -0.39 is 35.7 Å². The summed E-state index contributed by atoms with van der Waals surface area (Å²) >= 11 is 0. The van der Waals surface area contributed by atoms with Gasteiger partial charge in [0.1, 0.15) is 17.7 Å². The zero-order valence-corrected chi connectivity index (χ0v) is 15.5. The molecule has 0 spiro atoms. The molecule has 2 amide bonds. The lowest BCUT2D eigenvalue weighted by atomic mass is 10.0. The number of hydrogen-bond donors (Lipinski definition) is 2. The van der Waals surface area contributed by atoms with Crippen LogP contribution in [0.4, 0.5) is 4.79 Å². The van der Waals surface area contributed by atoms with Gasteiger partial charge < -0.3 is 20.1 Å². The summed E-state index contributed by atoms with van der Waals surface area (Å²) in [7, 11) is 1.43. The number of likely N-dealkylation sites (N-methyl/N-ethyl adjacent to an activating group) is 1. The predicted octanol–water partition coefficient (Wildman–Crippen LogP) is 2.41. The monoisotopic (exact) mass is 342 g/mol. The second-order valence-corrected chi connectivity index (χ2v) is 7.16. The van der Waals surface area contributed by atoms with Crippen LogP contribution in [0.25, 0.3) is 0 Å². The van der Waals surface area contributed by atoms with Crippen LogP contribution in [-0.2, 0) is 14.3 Å². The number of hydrogen-bond acceptors (Lipinski definition) is 4. The Morgan fingerprint density at radius 2 is 1.83 bits per heavy atom. The van der Waals surface area contributed by atoms with Gasteiger partial charge in [-0.3, -0.25) is 4.79 Å². The molecule has 0 unspecified atom stereocenters. The van der Waals surface area contributed by atoms with E-state index in [0.717, 1.165) is 4.90 Å². The largest absolute Gasteiger partial charge is 0.480 e. The van der Waals surface area contributed by atoms with E-state index in [4.69, 9.17) is 4.74 Å². The Morgan fingerprint density at radius 1 is 1.29 bits per heavy atom. The maximum absolute atomic E-state index is 12.6. The molecule has 0 heterocycles. The second-order valence-electron chi connectivity index (χ2n) is 7.16. The summed E-state index contributed by atoms with van der Waals surface area (Å²) in [6.45, 7) is 12.5. The SMILES string of the molecule is C=CC[C@H](NC(=O)OC(C)(C)C)C(=O)N(C)[C@@H](CC(C)C)C(=O)O. The molecule has 0 aromatic rings. The number of nitrogens with one attached hydrogen (secondary N) is 1. The Hall–Kier alpha value is -2.05. The Balaban J connectivity index is 5.14. The van der Waals surface area contributed by atoms with Crippen molar-refractivity contribution in [1.29, 1.82) is 0 Å². The first-order valence-electron chi connectivity index (χ1n) is 7.99. The van der Waals surface area contributed by atoms with Crippen LogP contribution in [0.5, 0.6) is 0 Å². The number of aliphatic carboxylic acids is 1. The van der Waals surface area contributed by atoms with E-state index >= 15 is 0 Å². The van der Waals surface area contributed by atoms with Crippen molar-refractivity contribution in [1.82, 2.24) is 10.2 Å². The molecule has 7 heteroatoms. The number of carboxylic acids is 1. The second kappa shape index (κ2) is 9.30. The van der Waals surface area contributed by atoms with Crippen LogP contribution in [0.3, 0.4) is 0 Å². The van der Waals surface area contributed by atoms with Gasteiger partial charge in [0.05, 0.1) is 0 Å². The molecule has 0 aliphatic heterocycles. The zero-order chi connectivity index (χ0) is 19.1. The molecule has 7 nitrogen and oxygen atoms in total. The number of nitrogens with zero attached hydrogens (tertiary/aromatic N) is 1. The van der Waals surface area contributed by atoms with Crippen LogP contribution in [0.2, 0.25) is 0 Å². The van der Waals surface area contributed by atoms with Crippen LogP contribution in [0.1, 0.15) is 47.5 Å². The summed E-state index contributed by atoms with van der Waals surface area (Å²) in [6.07, 6.45) is 1.26. The van der Waals surface area contributed by atoms with Gasteiger partial charge in [-0.05, 0) is 39.5 Å². The lowest BCUT2D eigenvalue weighted by Gasteiger charge is -2.30. The van der Waals surface area contributed by atoms with E-state index in [1.807, 2.05) is 13.8 Å². The van der Waals surface area contributed by atoms with Crippen molar-refractivity contribution in [2.24, 2.45) is 5.92 Å². The highest BCUT2D eigenvalue weighted by molar-refractivity contribution is 5.89. The highest BCUT2D eigenvalue weighted by atomic mass is 16.6. The Bertz CT molecular complexity index is 468. The maximum Gasteiger partial charge on any atom is 0.408 e. The summed E-state index contributed by atoms with van der Waals surface area (Å²) in [5.41, 5.74) is -0.695. The number of rotatable bonds is 8. The topological polar surface area (TPSA) is 95.9 Å². The molecule has 0 aromatic heterocycles. The maximum atomic E-state index is 12.6. The summed E-state index contributed by atoms with van der Waals surface area (Å²) in [4.78, 5) is 37.1. The molecule has 138 valence electrons. The Kier molecular flexibility index (Phi) is 8.50. The molecule has 0 radical (unpaired) electrons. The molecule has 0 bridgehead atoms. The number of amides is 2. The smallest absolute Gasteiger partial charge is 0.408 e. The number of carboxylic acid groups (broad SMARTS) is 1. The van der Waals surface area contributed by atoms with Crippen LogP contribution in [0.15, 0.2) is 12.7 Å². The molecule has 0 aromatic carbocycles. The van der Waals surface area contributed by atoms with Crippen LogP contribution in [0, 0.1) is 5.92 Å². The molecule has 0 aliphatic rings. The lowest BCUT2D eigenvalue weighted by molar-refractivity contribution is -0.150. The van der Waals surface area contributed by atoms with Gasteiger partial charge in [0.25, 0.3) is 0 Å². The molecule has 0 saturated heterocycles. The van der Waals surface area contributed by atoms with Crippen molar-refractivity contribution in [3.05, 3.63) is 12.7 Å². The van der Waals surface area contributed by atoms with Crippen molar-refractivity contribution in [3.8, 4) is 0 Å². The summed E-state index contributed by atoms with van der Waals surface area (Å²) in [5, 5.41) is 11.8. The summed E-state index contributed by atoms with van der Waals surface area (Å²) < 4.78 is 5.15. The standard InChI is InChI=1S/C17H30N2O5/c1-8-9-12(18-16(23)24-17(4,5)6)14(20)19(7)13(15(21)22)10-11(2)3/h8,11-13H,1,9-10H2,2-7H3,(H,18,23)(H,21,22)/t12-,13-/m0/s1.